The van der Waals surface area contributed by atoms with Gasteiger partial charge in [-0.2, -0.15) is 0 Å². The fourth-order valence-corrected chi connectivity index (χ4v) is 3.45. The number of carbonyl (C=O) groups is 1. The van der Waals surface area contributed by atoms with Gasteiger partial charge < -0.3 is 15.0 Å². The van der Waals surface area contributed by atoms with Crippen molar-refractivity contribution in [2.24, 2.45) is 0 Å². The van der Waals surface area contributed by atoms with Crippen LogP contribution in [0.1, 0.15) is 22.5 Å². The number of nitrogens with one attached hydrogen (secondary N) is 2. The highest BCUT2D eigenvalue weighted by molar-refractivity contribution is 5.92. The summed E-state index contributed by atoms with van der Waals surface area (Å²) in [6, 6.07) is 21.8. The molecule has 0 unspecified atom stereocenters. The van der Waals surface area contributed by atoms with Crippen LogP contribution in [0.25, 0.3) is 11.0 Å². The van der Waals surface area contributed by atoms with Gasteiger partial charge in [0.15, 0.2) is 0 Å². The Bertz CT molecular complexity index is 1150. The van der Waals surface area contributed by atoms with E-state index in [1.165, 1.54) is 11.1 Å². The first-order valence-corrected chi connectivity index (χ1v) is 10.1. The summed E-state index contributed by atoms with van der Waals surface area (Å²) in [7, 11) is 1.63. The Morgan fingerprint density at radius 2 is 1.70 bits per heavy atom. The third kappa shape index (κ3) is 4.87. The first-order chi connectivity index (χ1) is 14.6. The van der Waals surface area contributed by atoms with E-state index in [2.05, 4.69) is 46.5 Å². The lowest BCUT2D eigenvalue weighted by molar-refractivity contribution is -0.115. The van der Waals surface area contributed by atoms with Gasteiger partial charge in [0, 0.05) is 12.1 Å². The second-order valence-corrected chi connectivity index (χ2v) is 7.47. The Kier molecular flexibility index (Phi) is 5.80. The molecule has 0 aliphatic carbocycles. The second kappa shape index (κ2) is 8.82. The minimum absolute atomic E-state index is 0.0366. The number of rotatable bonds is 7. The number of anilines is 1. The molecule has 4 aromatic rings. The van der Waals surface area contributed by atoms with Gasteiger partial charge >= 0.3 is 0 Å². The van der Waals surface area contributed by atoms with Gasteiger partial charge in [0.1, 0.15) is 11.6 Å². The summed E-state index contributed by atoms with van der Waals surface area (Å²) < 4.78 is 5.14. The van der Waals surface area contributed by atoms with E-state index in [-0.39, 0.29) is 5.91 Å². The number of aromatic amines is 1. The number of aryl methyl sites for hydroxylation is 3. The quantitative estimate of drug-likeness (QED) is 0.467. The van der Waals surface area contributed by atoms with Crippen molar-refractivity contribution in [3.8, 4) is 5.75 Å². The van der Waals surface area contributed by atoms with E-state index in [0.29, 0.717) is 6.42 Å². The lowest BCUT2D eigenvalue weighted by atomic mass is 10.1. The highest BCUT2D eigenvalue weighted by atomic mass is 16.5. The minimum Gasteiger partial charge on any atom is -0.497 e. The number of nitrogens with zero attached hydrogens (tertiary/aromatic N) is 1. The summed E-state index contributed by atoms with van der Waals surface area (Å²) in [4.78, 5) is 20.3. The average molecular weight is 399 g/mol. The number of imidazole rings is 1. The summed E-state index contributed by atoms with van der Waals surface area (Å²) in [5.41, 5.74) is 6.27. The number of H-pyrrole nitrogens is 1. The number of aromatic nitrogens is 2. The van der Waals surface area contributed by atoms with Crippen molar-refractivity contribution in [3.05, 3.63) is 89.2 Å². The van der Waals surface area contributed by atoms with Crippen molar-refractivity contribution in [3.63, 3.8) is 0 Å². The van der Waals surface area contributed by atoms with Crippen molar-refractivity contribution in [2.45, 2.75) is 26.2 Å². The molecule has 0 radical (unpaired) electrons. The third-order valence-electron chi connectivity index (χ3n) is 5.10. The predicted octanol–water partition coefficient (Wildman–Crippen LogP) is 4.85. The van der Waals surface area contributed by atoms with Crippen LogP contribution in [-0.4, -0.2) is 23.0 Å². The van der Waals surface area contributed by atoms with Crippen molar-refractivity contribution < 1.29 is 9.53 Å². The maximum Gasteiger partial charge on any atom is 0.228 e. The molecule has 1 amide bonds. The lowest BCUT2D eigenvalue weighted by Crippen LogP contribution is -2.14. The average Bonchev–Trinajstić information content (AvgIpc) is 3.16. The van der Waals surface area contributed by atoms with E-state index in [1.54, 1.807) is 7.11 Å². The lowest BCUT2D eigenvalue weighted by Gasteiger charge is -2.07. The van der Waals surface area contributed by atoms with Gasteiger partial charge in [-0.1, -0.05) is 30.3 Å². The molecule has 1 heterocycles. The Morgan fingerprint density at radius 1 is 0.967 bits per heavy atom. The zero-order valence-electron chi connectivity index (χ0n) is 17.2. The van der Waals surface area contributed by atoms with Crippen LogP contribution in [-0.2, 0) is 24.1 Å². The maximum atomic E-state index is 12.3. The topological polar surface area (TPSA) is 67.0 Å². The van der Waals surface area contributed by atoms with Crippen molar-refractivity contribution in [2.75, 3.05) is 12.4 Å². The molecule has 5 nitrogen and oxygen atoms in total. The van der Waals surface area contributed by atoms with Gasteiger partial charge in [-0.15, -0.1) is 0 Å². The summed E-state index contributed by atoms with van der Waals surface area (Å²) in [6.45, 7) is 2.08. The van der Waals surface area contributed by atoms with Gasteiger partial charge in [-0.3, -0.25) is 4.79 Å². The van der Waals surface area contributed by atoms with Crippen LogP contribution in [0.5, 0.6) is 5.75 Å². The fourth-order valence-electron chi connectivity index (χ4n) is 3.45. The SMILES string of the molecule is COc1ccc(CC(=O)Nc2ccc(CCc3nc4ccc(C)cc4[nH]3)cc2)cc1. The molecule has 2 N–H and O–H groups in total. The Hall–Kier alpha value is -3.60. The van der Waals surface area contributed by atoms with Crippen LogP contribution >= 0.6 is 0 Å². The highest BCUT2D eigenvalue weighted by Crippen LogP contribution is 2.16. The molecule has 5 heteroatoms. The zero-order chi connectivity index (χ0) is 20.9. The molecule has 0 saturated heterocycles. The molecule has 0 aliphatic rings. The number of amides is 1. The van der Waals surface area contributed by atoms with Gasteiger partial charge in [-0.25, -0.2) is 4.98 Å². The number of hydrogen-bond acceptors (Lipinski definition) is 3. The smallest absolute Gasteiger partial charge is 0.228 e. The third-order valence-corrected chi connectivity index (χ3v) is 5.10. The summed E-state index contributed by atoms with van der Waals surface area (Å²) in [5.74, 6) is 1.74. The maximum absolute atomic E-state index is 12.3. The van der Waals surface area contributed by atoms with Crippen LogP contribution < -0.4 is 10.1 Å². The second-order valence-electron chi connectivity index (χ2n) is 7.47. The van der Waals surface area contributed by atoms with Crippen molar-refractivity contribution in [1.82, 2.24) is 9.97 Å². The number of fused-ring (bicyclic) bond motifs is 1. The molecule has 0 aliphatic heterocycles. The molecular weight excluding hydrogens is 374 g/mol. The monoisotopic (exact) mass is 399 g/mol. The summed E-state index contributed by atoms with van der Waals surface area (Å²) in [6.07, 6.45) is 2.06. The van der Waals surface area contributed by atoms with Gasteiger partial charge in [0.25, 0.3) is 0 Å². The van der Waals surface area contributed by atoms with Crippen molar-refractivity contribution in [1.29, 1.82) is 0 Å². The number of benzene rings is 3. The largest absolute Gasteiger partial charge is 0.497 e. The van der Waals surface area contributed by atoms with Crippen LogP contribution in [0.15, 0.2) is 66.7 Å². The molecule has 30 heavy (non-hydrogen) atoms. The standard InChI is InChI=1S/C25H25N3O2/c1-17-3-13-22-23(15-17)28-24(27-22)14-8-18-4-9-20(10-5-18)26-25(29)16-19-6-11-21(30-2)12-7-19/h3-7,9-13,15H,8,14,16H2,1-2H3,(H,26,29)(H,27,28). The molecule has 3 aromatic carbocycles. The summed E-state index contributed by atoms with van der Waals surface area (Å²) >= 11 is 0. The Labute approximate surface area is 176 Å². The molecule has 0 fully saturated rings. The normalized spacial score (nSPS) is 10.9. The zero-order valence-corrected chi connectivity index (χ0v) is 17.2. The van der Waals surface area contributed by atoms with E-state index < -0.39 is 0 Å². The Morgan fingerprint density at radius 3 is 2.43 bits per heavy atom. The van der Waals surface area contributed by atoms with E-state index >= 15 is 0 Å². The number of ether oxygens (including phenoxy) is 1. The molecule has 0 bridgehead atoms. The van der Waals surface area contributed by atoms with Crippen LogP contribution in [0.3, 0.4) is 0 Å². The number of methoxy groups -OCH3 is 1. The first-order valence-electron chi connectivity index (χ1n) is 10.1. The van der Waals surface area contributed by atoms with Gasteiger partial charge in [-0.05, 0) is 66.4 Å². The molecule has 4 rings (SSSR count). The van der Waals surface area contributed by atoms with Gasteiger partial charge in [0.2, 0.25) is 5.91 Å². The van der Waals surface area contributed by atoms with E-state index in [1.807, 2.05) is 42.5 Å². The van der Waals surface area contributed by atoms with Crippen LogP contribution in [0.4, 0.5) is 5.69 Å². The van der Waals surface area contributed by atoms with Crippen LogP contribution in [0.2, 0.25) is 0 Å². The van der Waals surface area contributed by atoms with E-state index in [0.717, 1.165) is 46.7 Å². The first kappa shape index (κ1) is 19.7. The molecule has 0 spiro atoms. The fraction of sp³-hybridized carbons (Fsp3) is 0.200. The highest BCUT2D eigenvalue weighted by Gasteiger charge is 2.06. The summed E-state index contributed by atoms with van der Waals surface area (Å²) in [5, 5.41) is 2.95. The molecular formula is C25H25N3O2. The molecule has 0 saturated carbocycles. The number of carbonyl (C=O) groups excluding carboxylic acids is 1. The minimum atomic E-state index is -0.0366. The van der Waals surface area contributed by atoms with E-state index in [4.69, 9.17) is 4.74 Å². The predicted molar refractivity (Wildman–Crippen MR) is 120 cm³/mol. The van der Waals surface area contributed by atoms with Crippen molar-refractivity contribution >= 4 is 22.6 Å². The molecule has 1 aromatic heterocycles. The van der Waals surface area contributed by atoms with Gasteiger partial charge in [0.05, 0.1) is 24.6 Å². The van der Waals surface area contributed by atoms with Crippen LogP contribution in [0, 0.1) is 6.92 Å². The van der Waals surface area contributed by atoms with E-state index in [9.17, 15) is 4.79 Å². The molecule has 152 valence electrons. The molecule has 0 atom stereocenters. The Balaban J connectivity index is 1.31. The number of hydrogen-bond donors (Lipinski definition) is 2.